The van der Waals surface area contributed by atoms with E-state index in [1.165, 1.54) is 6.20 Å². The molecule has 148 valence electrons. The Balaban J connectivity index is 1.53. The van der Waals surface area contributed by atoms with Gasteiger partial charge in [-0.3, -0.25) is 9.59 Å². The number of hydrogen-bond acceptors (Lipinski definition) is 6. The highest BCUT2D eigenvalue weighted by Crippen LogP contribution is 2.22. The zero-order valence-corrected chi connectivity index (χ0v) is 15.4. The first kappa shape index (κ1) is 19.8. The molecule has 4 N–H and O–H groups in total. The minimum Gasteiger partial charge on any atom is -0.504 e. The lowest BCUT2D eigenvalue weighted by atomic mass is 10.1. The Hall–Kier alpha value is -3.94. The number of aromatic nitrogens is 1. The minimum atomic E-state index is -1.04. The molecule has 0 aliphatic carbocycles. The average molecular weight is 394 g/mol. The van der Waals surface area contributed by atoms with Crippen LogP contribution in [-0.4, -0.2) is 35.4 Å². The number of anilines is 3. The van der Waals surface area contributed by atoms with Crippen LogP contribution >= 0.6 is 0 Å². The van der Waals surface area contributed by atoms with E-state index in [0.29, 0.717) is 24.6 Å². The van der Waals surface area contributed by atoms with Gasteiger partial charge in [0.2, 0.25) is 0 Å². The van der Waals surface area contributed by atoms with E-state index in [4.69, 9.17) is 0 Å². The van der Waals surface area contributed by atoms with Crippen LogP contribution in [0.25, 0.3) is 0 Å². The lowest BCUT2D eigenvalue weighted by Gasteiger charge is -2.10. The Morgan fingerprint density at radius 3 is 2.48 bits per heavy atom. The lowest BCUT2D eigenvalue weighted by Crippen LogP contribution is -2.15. The topological polar surface area (TPSA) is 103 Å². The van der Waals surface area contributed by atoms with Crippen molar-refractivity contribution in [2.75, 3.05) is 29.0 Å². The van der Waals surface area contributed by atoms with Gasteiger partial charge in [0.15, 0.2) is 17.9 Å². The van der Waals surface area contributed by atoms with E-state index >= 15 is 0 Å². The number of phenols is 1. The number of aromatic hydroxyl groups is 1. The molecule has 0 atom stereocenters. The van der Waals surface area contributed by atoms with Crippen LogP contribution in [0.3, 0.4) is 0 Å². The predicted octanol–water partition coefficient (Wildman–Crippen LogP) is 3.52. The van der Waals surface area contributed by atoms with Crippen molar-refractivity contribution < 1.29 is 19.1 Å². The van der Waals surface area contributed by atoms with E-state index in [1.807, 2.05) is 30.3 Å². The number of halogens is 1. The van der Waals surface area contributed by atoms with Crippen molar-refractivity contribution in [1.82, 2.24) is 4.98 Å². The van der Waals surface area contributed by atoms with E-state index in [-0.39, 0.29) is 17.4 Å². The van der Waals surface area contributed by atoms with Gasteiger partial charge in [0.05, 0.1) is 17.4 Å². The summed E-state index contributed by atoms with van der Waals surface area (Å²) >= 11 is 0. The molecule has 3 rings (SSSR count). The molecular formula is C21H19FN4O3. The van der Waals surface area contributed by atoms with Crippen molar-refractivity contribution in [1.29, 1.82) is 0 Å². The molecule has 0 unspecified atom stereocenters. The minimum absolute atomic E-state index is 0.0865. The highest BCUT2D eigenvalue weighted by atomic mass is 19.1. The molecule has 7 nitrogen and oxygen atoms in total. The van der Waals surface area contributed by atoms with E-state index < -0.39 is 17.5 Å². The molecule has 1 amide bonds. The van der Waals surface area contributed by atoms with Crippen LogP contribution in [0.5, 0.6) is 5.75 Å². The average Bonchev–Trinajstić information content (AvgIpc) is 2.75. The van der Waals surface area contributed by atoms with Crippen molar-refractivity contribution in [2.24, 2.45) is 0 Å². The molecular weight excluding hydrogens is 375 g/mol. The van der Waals surface area contributed by atoms with Crippen LogP contribution in [-0.2, 0) is 0 Å². The summed E-state index contributed by atoms with van der Waals surface area (Å²) in [6.07, 6.45) is 1.74. The molecule has 0 saturated carbocycles. The van der Waals surface area contributed by atoms with Crippen molar-refractivity contribution >= 4 is 29.4 Å². The van der Waals surface area contributed by atoms with Gasteiger partial charge in [-0.1, -0.05) is 18.2 Å². The van der Waals surface area contributed by atoms with Crippen LogP contribution in [0.1, 0.15) is 20.7 Å². The maximum absolute atomic E-state index is 13.6. The third kappa shape index (κ3) is 5.29. The lowest BCUT2D eigenvalue weighted by molar-refractivity contribution is 0.102. The number of benzene rings is 2. The first-order valence-electron chi connectivity index (χ1n) is 8.84. The maximum Gasteiger partial charge on any atom is 0.255 e. The predicted molar refractivity (Wildman–Crippen MR) is 109 cm³/mol. The molecule has 0 radical (unpaired) electrons. The van der Waals surface area contributed by atoms with Gasteiger partial charge in [0.1, 0.15) is 5.82 Å². The van der Waals surface area contributed by atoms with Crippen LogP contribution in [0.2, 0.25) is 0 Å². The van der Waals surface area contributed by atoms with Gasteiger partial charge in [0, 0.05) is 24.3 Å². The SMILES string of the molecule is O=Cc1cc(C(=O)Nc2ccc(NCCNc3ccccc3)nc2)cc(F)c1O. The number of nitrogens with zero attached hydrogens (tertiary/aromatic N) is 1. The number of nitrogens with one attached hydrogen (secondary N) is 3. The zero-order chi connectivity index (χ0) is 20.6. The highest BCUT2D eigenvalue weighted by molar-refractivity contribution is 6.05. The summed E-state index contributed by atoms with van der Waals surface area (Å²) < 4.78 is 13.6. The molecule has 2 aromatic carbocycles. The summed E-state index contributed by atoms with van der Waals surface area (Å²) in [5, 5.41) is 18.4. The Kier molecular flexibility index (Phi) is 6.36. The van der Waals surface area contributed by atoms with Crippen molar-refractivity contribution in [2.45, 2.75) is 0 Å². The molecule has 0 aliphatic heterocycles. The number of rotatable bonds is 8. The molecule has 0 spiro atoms. The number of carbonyl (C=O) groups excluding carboxylic acids is 2. The first-order valence-corrected chi connectivity index (χ1v) is 8.84. The van der Waals surface area contributed by atoms with Crippen LogP contribution in [0.15, 0.2) is 60.8 Å². The second kappa shape index (κ2) is 9.32. The third-order valence-corrected chi connectivity index (χ3v) is 4.04. The largest absolute Gasteiger partial charge is 0.504 e. The highest BCUT2D eigenvalue weighted by Gasteiger charge is 2.14. The molecule has 1 aromatic heterocycles. The summed E-state index contributed by atoms with van der Waals surface area (Å²) in [5.41, 5.74) is 1.06. The van der Waals surface area contributed by atoms with Crippen LogP contribution < -0.4 is 16.0 Å². The summed E-state index contributed by atoms with van der Waals surface area (Å²) in [4.78, 5) is 27.3. The van der Waals surface area contributed by atoms with Gasteiger partial charge in [0.25, 0.3) is 5.91 Å². The monoisotopic (exact) mass is 394 g/mol. The molecule has 3 aromatic rings. The van der Waals surface area contributed by atoms with Crippen molar-refractivity contribution in [3.63, 3.8) is 0 Å². The van der Waals surface area contributed by atoms with E-state index in [0.717, 1.165) is 17.8 Å². The Morgan fingerprint density at radius 1 is 1.03 bits per heavy atom. The van der Waals surface area contributed by atoms with Gasteiger partial charge in [-0.05, 0) is 36.4 Å². The summed E-state index contributed by atoms with van der Waals surface area (Å²) in [7, 11) is 0. The zero-order valence-electron chi connectivity index (χ0n) is 15.4. The van der Waals surface area contributed by atoms with Gasteiger partial charge >= 0.3 is 0 Å². The quantitative estimate of drug-likeness (QED) is 0.344. The van der Waals surface area contributed by atoms with Gasteiger partial charge < -0.3 is 21.1 Å². The number of phenolic OH excluding ortho intramolecular Hbond substituents is 1. The molecule has 1 heterocycles. The van der Waals surface area contributed by atoms with E-state index in [2.05, 4.69) is 20.9 Å². The summed E-state index contributed by atoms with van der Waals surface area (Å²) in [6, 6.07) is 15.1. The third-order valence-electron chi connectivity index (χ3n) is 4.04. The molecule has 0 saturated heterocycles. The molecule has 29 heavy (non-hydrogen) atoms. The molecule has 0 fully saturated rings. The Labute approximate surface area is 166 Å². The molecule has 0 aliphatic rings. The van der Waals surface area contributed by atoms with Gasteiger partial charge in [-0.2, -0.15) is 0 Å². The fourth-order valence-electron chi connectivity index (χ4n) is 2.57. The van der Waals surface area contributed by atoms with Crippen molar-refractivity contribution in [3.8, 4) is 5.75 Å². The molecule has 8 heteroatoms. The number of hydrogen-bond donors (Lipinski definition) is 4. The number of para-hydroxylation sites is 1. The number of carbonyl (C=O) groups is 2. The number of pyridine rings is 1. The number of amides is 1. The Bertz CT molecular complexity index is 995. The summed E-state index contributed by atoms with van der Waals surface area (Å²) in [6.45, 7) is 1.35. The van der Waals surface area contributed by atoms with Crippen LogP contribution in [0.4, 0.5) is 21.6 Å². The van der Waals surface area contributed by atoms with Gasteiger partial charge in [-0.15, -0.1) is 0 Å². The Morgan fingerprint density at radius 2 is 1.79 bits per heavy atom. The van der Waals surface area contributed by atoms with Crippen LogP contribution in [0, 0.1) is 5.82 Å². The molecule has 0 bridgehead atoms. The van der Waals surface area contributed by atoms with Gasteiger partial charge in [-0.25, -0.2) is 9.37 Å². The van der Waals surface area contributed by atoms with E-state index in [9.17, 15) is 19.1 Å². The fourth-order valence-corrected chi connectivity index (χ4v) is 2.57. The fraction of sp³-hybridized carbons (Fsp3) is 0.0952. The van der Waals surface area contributed by atoms with E-state index in [1.54, 1.807) is 12.1 Å². The maximum atomic E-state index is 13.6. The second-order valence-corrected chi connectivity index (χ2v) is 6.12. The smallest absolute Gasteiger partial charge is 0.255 e. The standard InChI is InChI=1S/C21H19FN4O3/c22-18-11-14(10-15(13-27)20(18)28)21(29)26-17-6-7-19(25-12-17)24-9-8-23-16-4-2-1-3-5-16/h1-7,10-13,23,28H,8-9H2,(H,24,25)(H,26,29). The van der Waals surface area contributed by atoms with Crippen molar-refractivity contribution in [3.05, 3.63) is 77.7 Å². The summed E-state index contributed by atoms with van der Waals surface area (Å²) in [5.74, 6) is -1.81. The first-order chi connectivity index (χ1) is 14.1. The number of aldehydes is 1. The normalized spacial score (nSPS) is 10.2. The second-order valence-electron chi connectivity index (χ2n) is 6.12.